The topological polar surface area (TPSA) is 75.1 Å². The molecule has 0 saturated heterocycles. The van der Waals surface area contributed by atoms with Gasteiger partial charge in [0.1, 0.15) is 0 Å². The Balaban J connectivity index is 2.42. The number of aromatic amines is 1. The standard InChI is InChI=1S/C11H14N2O3/c1-7-6-13(11(16)12-10(7)15)8-2-4-9(14)5-3-8/h2,4,6,8-9,14H,3,5H2,1H3,(H,12,15,16). The molecule has 0 fully saturated rings. The maximum atomic E-state index is 11.6. The number of aliphatic hydroxyl groups excluding tert-OH is 1. The van der Waals surface area contributed by atoms with Crippen LogP contribution in [0.3, 0.4) is 0 Å². The molecule has 16 heavy (non-hydrogen) atoms. The van der Waals surface area contributed by atoms with Crippen molar-refractivity contribution in [1.82, 2.24) is 9.55 Å². The molecule has 1 aliphatic carbocycles. The van der Waals surface area contributed by atoms with Crippen molar-refractivity contribution in [2.24, 2.45) is 0 Å². The molecular formula is C11H14N2O3. The number of nitrogens with one attached hydrogen (secondary N) is 1. The van der Waals surface area contributed by atoms with E-state index in [1.165, 1.54) is 4.57 Å². The second kappa shape index (κ2) is 4.09. The minimum atomic E-state index is -0.421. The van der Waals surface area contributed by atoms with Crippen molar-refractivity contribution in [3.05, 3.63) is 44.8 Å². The molecule has 5 nitrogen and oxygen atoms in total. The number of hydrogen-bond donors (Lipinski definition) is 2. The summed E-state index contributed by atoms with van der Waals surface area (Å²) in [5.74, 6) is 0. The molecule has 2 atom stereocenters. The van der Waals surface area contributed by atoms with E-state index in [2.05, 4.69) is 4.98 Å². The number of allylic oxidation sites excluding steroid dienone is 1. The molecule has 0 aromatic carbocycles. The lowest BCUT2D eigenvalue weighted by molar-refractivity contribution is 0.194. The van der Waals surface area contributed by atoms with Crippen LogP contribution in [-0.2, 0) is 0 Å². The van der Waals surface area contributed by atoms with Crippen molar-refractivity contribution < 1.29 is 5.11 Å². The van der Waals surface area contributed by atoms with Crippen LogP contribution in [0.5, 0.6) is 0 Å². The summed E-state index contributed by atoms with van der Waals surface area (Å²) in [7, 11) is 0. The number of nitrogens with zero attached hydrogens (tertiary/aromatic N) is 1. The lowest BCUT2D eigenvalue weighted by atomic mass is 10.0. The highest BCUT2D eigenvalue weighted by Gasteiger charge is 2.16. The Morgan fingerprint density at radius 3 is 2.75 bits per heavy atom. The van der Waals surface area contributed by atoms with Gasteiger partial charge in [-0.3, -0.25) is 14.3 Å². The van der Waals surface area contributed by atoms with E-state index in [9.17, 15) is 14.7 Å². The van der Waals surface area contributed by atoms with Gasteiger partial charge in [0.15, 0.2) is 0 Å². The van der Waals surface area contributed by atoms with E-state index >= 15 is 0 Å². The quantitative estimate of drug-likeness (QED) is 0.661. The summed E-state index contributed by atoms with van der Waals surface area (Å²) in [6.45, 7) is 1.66. The van der Waals surface area contributed by atoms with Crippen LogP contribution >= 0.6 is 0 Å². The third-order valence-electron chi connectivity index (χ3n) is 2.82. The minimum Gasteiger partial charge on any atom is -0.389 e. The van der Waals surface area contributed by atoms with Crippen LogP contribution in [0.1, 0.15) is 24.4 Å². The van der Waals surface area contributed by atoms with Gasteiger partial charge in [-0.2, -0.15) is 0 Å². The molecule has 1 heterocycles. The van der Waals surface area contributed by atoms with Gasteiger partial charge < -0.3 is 5.11 Å². The summed E-state index contributed by atoms with van der Waals surface area (Å²) in [4.78, 5) is 25.1. The predicted octanol–water partition coefficient (Wildman–Crippen LogP) is 0.0970. The Labute approximate surface area is 92.1 Å². The van der Waals surface area contributed by atoms with Crippen LogP contribution in [0.4, 0.5) is 0 Å². The first kappa shape index (κ1) is 10.9. The molecule has 0 aliphatic heterocycles. The zero-order valence-electron chi connectivity index (χ0n) is 9.01. The van der Waals surface area contributed by atoms with Crippen molar-refractivity contribution >= 4 is 0 Å². The fraction of sp³-hybridized carbons (Fsp3) is 0.455. The zero-order valence-corrected chi connectivity index (χ0v) is 9.01. The van der Waals surface area contributed by atoms with E-state index in [1.807, 2.05) is 0 Å². The second-order valence-corrected chi connectivity index (χ2v) is 4.08. The average Bonchev–Trinajstić information content (AvgIpc) is 2.25. The summed E-state index contributed by atoms with van der Waals surface area (Å²) in [6.07, 6.45) is 5.95. The molecule has 0 spiro atoms. The predicted molar refractivity (Wildman–Crippen MR) is 59.5 cm³/mol. The van der Waals surface area contributed by atoms with Gasteiger partial charge in [-0.15, -0.1) is 0 Å². The summed E-state index contributed by atoms with van der Waals surface area (Å²) < 4.78 is 1.50. The molecule has 5 heteroatoms. The first-order chi connectivity index (χ1) is 7.58. The highest BCUT2D eigenvalue weighted by atomic mass is 16.3. The first-order valence-electron chi connectivity index (χ1n) is 5.26. The lowest BCUT2D eigenvalue weighted by Gasteiger charge is -2.21. The van der Waals surface area contributed by atoms with Crippen LogP contribution in [0.2, 0.25) is 0 Å². The summed E-state index contributed by atoms with van der Waals surface area (Å²) in [6, 6.07) is -0.0774. The van der Waals surface area contributed by atoms with Crippen LogP contribution in [0.25, 0.3) is 0 Å². The highest BCUT2D eigenvalue weighted by Crippen LogP contribution is 2.20. The number of aromatic nitrogens is 2. The maximum absolute atomic E-state index is 11.6. The number of rotatable bonds is 1. The molecule has 2 unspecified atom stereocenters. The van der Waals surface area contributed by atoms with Gasteiger partial charge in [-0.05, 0) is 19.8 Å². The summed E-state index contributed by atoms with van der Waals surface area (Å²) >= 11 is 0. The van der Waals surface area contributed by atoms with Gasteiger partial charge in [0.25, 0.3) is 5.56 Å². The van der Waals surface area contributed by atoms with E-state index in [0.717, 1.165) is 0 Å². The van der Waals surface area contributed by atoms with Gasteiger partial charge in [-0.25, -0.2) is 4.79 Å². The molecular weight excluding hydrogens is 208 g/mol. The number of aryl methyl sites for hydroxylation is 1. The maximum Gasteiger partial charge on any atom is 0.328 e. The van der Waals surface area contributed by atoms with E-state index < -0.39 is 11.8 Å². The third-order valence-corrected chi connectivity index (χ3v) is 2.82. The van der Waals surface area contributed by atoms with Gasteiger partial charge in [-0.1, -0.05) is 12.2 Å². The zero-order chi connectivity index (χ0) is 11.7. The molecule has 0 amide bonds. The number of hydrogen-bond acceptors (Lipinski definition) is 3. The van der Waals surface area contributed by atoms with Crippen molar-refractivity contribution in [3.63, 3.8) is 0 Å². The Morgan fingerprint density at radius 1 is 1.38 bits per heavy atom. The SMILES string of the molecule is Cc1cn(C2C=CC(O)CC2)c(=O)[nH]c1=O. The van der Waals surface area contributed by atoms with Gasteiger partial charge >= 0.3 is 5.69 Å². The average molecular weight is 222 g/mol. The summed E-state index contributed by atoms with van der Waals surface area (Å²) in [5.41, 5.74) is -0.234. The Morgan fingerprint density at radius 2 is 2.12 bits per heavy atom. The Hall–Kier alpha value is -1.62. The van der Waals surface area contributed by atoms with E-state index in [4.69, 9.17) is 0 Å². The molecule has 2 rings (SSSR count). The first-order valence-corrected chi connectivity index (χ1v) is 5.26. The van der Waals surface area contributed by atoms with E-state index in [0.29, 0.717) is 18.4 Å². The normalized spacial score (nSPS) is 24.6. The third kappa shape index (κ3) is 1.99. The number of aliphatic hydroxyl groups is 1. The minimum absolute atomic E-state index is 0.0774. The monoisotopic (exact) mass is 222 g/mol. The largest absolute Gasteiger partial charge is 0.389 e. The van der Waals surface area contributed by atoms with Gasteiger partial charge in [0, 0.05) is 11.8 Å². The molecule has 0 radical (unpaired) electrons. The van der Waals surface area contributed by atoms with Crippen molar-refractivity contribution in [2.75, 3.05) is 0 Å². The van der Waals surface area contributed by atoms with E-state index in [-0.39, 0.29) is 11.6 Å². The van der Waals surface area contributed by atoms with Crippen LogP contribution in [0, 0.1) is 6.92 Å². The fourth-order valence-electron chi connectivity index (χ4n) is 1.85. The Kier molecular flexibility index (Phi) is 2.78. The second-order valence-electron chi connectivity index (χ2n) is 4.08. The molecule has 0 bridgehead atoms. The molecule has 1 aromatic rings. The van der Waals surface area contributed by atoms with Crippen LogP contribution in [0.15, 0.2) is 27.9 Å². The number of H-pyrrole nitrogens is 1. The van der Waals surface area contributed by atoms with Crippen LogP contribution in [-0.4, -0.2) is 20.8 Å². The Bertz CT molecular complexity index is 527. The van der Waals surface area contributed by atoms with Crippen LogP contribution < -0.4 is 11.2 Å². The molecule has 1 aromatic heterocycles. The van der Waals surface area contributed by atoms with Crippen molar-refractivity contribution in [2.45, 2.75) is 31.9 Å². The highest BCUT2D eigenvalue weighted by molar-refractivity contribution is 5.07. The molecule has 2 N–H and O–H groups in total. The van der Waals surface area contributed by atoms with Crippen molar-refractivity contribution in [3.8, 4) is 0 Å². The summed E-state index contributed by atoms with van der Waals surface area (Å²) in [5, 5.41) is 9.31. The lowest BCUT2D eigenvalue weighted by Crippen LogP contribution is -2.33. The van der Waals surface area contributed by atoms with Gasteiger partial charge in [0.2, 0.25) is 0 Å². The van der Waals surface area contributed by atoms with Crippen molar-refractivity contribution in [1.29, 1.82) is 0 Å². The molecule has 86 valence electrons. The van der Waals surface area contributed by atoms with E-state index in [1.54, 1.807) is 25.3 Å². The fourth-order valence-corrected chi connectivity index (χ4v) is 1.85. The smallest absolute Gasteiger partial charge is 0.328 e. The van der Waals surface area contributed by atoms with Gasteiger partial charge in [0.05, 0.1) is 12.1 Å². The molecule has 0 saturated carbocycles. The molecule has 1 aliphatic rings.